The van der Waals surface area contributed by atoms with Gasteiger partial charge in [-0.2, -0.15) is 0 Å². The second-order valence-electron chi connectivity index (χ2n) is 3.91. The average molecular weight is 262 g/mol. The van der Waals surface area contributed by atoms with Gasteiger partial charge >= 0.3 is 5.97 Å². The van der Waals surface area contributed by atoms with Crippen molar-refractivity contribution in [1.82, 2.24) is 10.0 Å². The summed E-state index contributed by atoms with van der Waals surface area (Å²) in [5.74, 6) is -0.734. The normalized spacial score (nSPS) is 10.4. The molecule has 0 spiro atoms. The van der Waals surface area contributed by atoms with Crippen LogP contribution in [0.4, 0.5) is 0 Å². The Morgan fingerprint density at radius 1 is 1.26 bits per heavy atom. The zero-order valence-corrected chi connectivity index (χ0v) is 10.7. The molecule has 0 aliphatic heterocycles. The van der Waals surface area contributed by atoms with Gasteiger partial charge < -0.3 is 9.30 Å². The number of nitrogens with zero attached hydrogens (tertiary/aromatic N) is 1. The molecule has 6 nitrogen and oxygen atoms in total. The molecule has 1 amide bonds. The number of fused-ring (bicyclic) bond motifs is 1. The van der Waals surface area contributed by atoms with Crippen molar-refractivity contribution in [3.05, 3.63) is 36.0 Å². The Balaban J connectivity index is 2.44. The van der Waals surface area contributed by atoms with Gasteiger partial charge in [-0.05, 0) is 6.07 Å². The number of carbonyl (C=O) groups excluding carboxylic acids is 2. The molecule has 0 aliphatic rings. The van der Waals surface area contributed by atoms with Crippen LogP contribution in [-0.2, 0) is 20.9 Å². The van der Waals surface area contributed by atoms with E-state index in [9.17, 15) is 9.59 Å². The molecule has 1 heterocycles. The number of methoxy groups -OCH3 is 1. The molecule has 0 saturated carbocycles. The third-order valence-corrected chi connectivity index (χ3v) is 2.72. The molecule has 6 heteroatoms. The summed E-state index contributed by atoms with van der Waals surface area (Å²) in [5.41, 5.74) is 3.46. The first-order valence-electron chi connectivity index (χ1n) is 5.65. The minimum Gasteiger partial charge on any atom is -0.465 e. The molecule has 0 radical (unpaired) electrons. The Kier molecular flexibility index (Phi) is 3.82. The van der Waals surface area contributed by atoms with Crippen molar-refractivity contribution in [2.45, 2.75) is 6.54 Å². The van der Waals surface area contributed by atoms with Crippen molar-refractivity contribution in [2.24, 2.45) is 0 Å². The van der Waals surface area contributed by atoms with Crippen LogP contribution in [0, 0.1) is 0 Å². The smallest absolute Gasteiger partial charge is 0.340 e. The minimum absolute atomic E-state index is 0.0609. The van der Waals surface area contributed by atoms with Gasteiger partial charge in [-0.3, -0.25) is 9.63 Å². The van der Waals surface area contributed by atoms with E-state index in [1.54, 1.807) is 10.8 Å². The molecule has 1 aromatic heterocycles. The lowest BCUT2D eigenvalue weighted by molar-refractivity contribution is -0.131. The standard InChI is InChI=1S/C13H14N2O4/c1-18-13(17)10-7-15(8-12(16)14-19-2)11-6-4-3-5-9(10)11/h3-7H,8H2,1-2H3,(H,14,16). The lowest BCUT2D eigenvalue weighted by atomic mass is 10.2. The molecular formula is C13H14N2O4. The van der Waals surface area contributed by atoms with E-state index in [1.165, 1.54) is 14.2 Å². The van der Waals surface area contributed by atoms with Crippen LogP contribution in [0.1, 0.15) is 10.4 Å². The number of amides is 1. The zero-order chi connectivity index (χ0) is 13.8. The third-order valence-electron chi connectivity index (χ3n) is 2.72. The first kappa shape index (κ1) is 13.1. The summed E-state index contributed by atoms with van der Waals surface area (Å²) in [7, 11) is 2.69. The summed E-state index contributed by atoms with van der Waals surface area (Å²) in [5, 5.41) is 0.750. The molecule has 2 rings (SSSR count). The zero-order valence-electron chi connectivity index (χ0n) is 10.7. The first-order valence-corrected chi connectivity index (χ1v) is 5.65. The van der Waals surface area contributed by atoms with Crippen LogP contribution in [0.2, 0.25) is 0 Å². The van der Waals surface area contributed by atoms with Gasteiger partial charge in [-0.25, -0.2) is 10.3 Å². The number of hydroxylamine groups is 1. The van der Waals surface area contributed by atoms with Crippen LogP contribution >= 0.6 is 0 Å². The number of hydrogen-bond acceptors (Lipinski definition) is 4. The van der Waals surface area contributed by atoms with Crippen molar-refractivity contribution >= 4 is 22.8 Å². The maximum atomic E-state index is 11.7. The van der Waals surface area contributed by atoms with Gasteiger partial charge in [-0.15, -0.1) is 0 Å². The second-order valence-corrected chi connectivity index (χ2v) is 3.91. The molecule has 0 fully saturated rings. The van der Waals surface area contributed by atoms with Gasteiger partial charge in [0.15, 0.2) is 0 Å². The van der Waals surface area contributed by atoms with Crippen LogP contribution in [0.25, 0.3) is 10.9 Å². The number of hydrogen-bond donors (Lipinski definition) is 1. The monoisotopic (exact) mass is 262 g/mol. The van der Waals surface area contributed by atoms with Gasteiger partial charge in [0.1, 0.15) is 6.54 Å². The van der Waals surface area contributed by atoms with E-state index >= 15 is 0 Å². The number of nitrogens with one attached hydrogen (secondary N) is 1. The Bertz CT molecular complexity index is 618. The molecule has 0 saturated heterocycles. The molecular weight excluding hydrogens is 248 g/mol. The number of aromatic nitrogens is 1. The van der Waals surface area contributed by atoms with Crippen molar-refractivity contribution in [1.29, 1.82) is 0 Å². The average Bonchev–Trinajstić information content (AvgIpc) is 2.77. The topological polar surface area (TPSA) is 69.6 Å². The second kappa shape index (κ2) is 5.53. The number of para-hydroxylation sites is 1. The number of ether oxygens (including phenoxy) is 1. The molecule has 19 heavy (non-hydrogen) atoms. The highest BCUT2D eigenvalue weighted by Gasteiger charge is 2.16. The molecule has 0 bridgehead atoms. The predicted molar refractivity (Wildman–Crippen MR) is 68.4 cm³/mol. The van der Waals surface area contributed by atoms with Crippen LogP contribution in [0.5, 0.6) is 0 Å². The minimum atomic E-state index is -0.429. The van der Waals surface area contributed by atoms with Crippen LogP contribution in [0.15, 0.2) is 30.5 Å². The maximum Gasteiger partial charge on any atom is 0.340 e. The van der Waals surface area contributed by atoms with Crippen molar-refractivity contribution in [3.63, 3.8) is 0 Å². The van der Waals surface area contributed by atoms with Gasteiger partial charge in [0.2, 0.25) is 0 Å². The number of benzene rings is 1. The van der Waals surface area contributed by atoms with Gasteiger partial charge in [0, 0.05) is 17.1 Å². The summed E-state index contributed by atoms with van der Waals surface area (Å²) < 4.78 is 6.41. The molecule has 0 unspecified atom stereocenters. The molecule has 0 atom stereocenters. The van der Waals surface area contributed by atoms with E-state index < -0.39 is 5.97 Å². The predicted octanol–water partition coefficient (Wildman–Crippen LogP) is 1.11. The summed E-state index contributed by atoms with van der Waals surface area (Å²) >= 11 is 0. The Hall–Kier alpha value is -2.34. The SMILES string of the molecule is CONC(=O)Cn1cc(C(=O)OC)c2ccccc21. The fourth-order valence-electron chi connectivity index (χ4n) is 1.95. The fraction of sp³-hybridized carbons (Fsp3) is 0.231. The van der Waals surface area contributed by atoms with Crippen LogP contribution in [-0.4, -0.2) is 30.7 Å². The summed E-state index contributed by atoms with van der Waals surface area (Å²) in [4.78, 5) is 27.8. The van der Waals surface area contributed by atoms with E-state index in [4.69, 9.17) is 4.74 Å². The summed E-state index contributed by atoms with van der Waals surface area (Å²) in [6, 6.07) is 7.32. The number of esters is 1. The van der Waals surface area contributed by atoms with Gasteiger partial charge in [0.05, 0.1) is 19.8 Å². The molecule has 100 valence electrons. The van der Waals surface area contributed by atoms with Crippen molar-refractivity contribution < 1.29 is 19.2 Å². The fourth-order valence-corrected chi connectivity index (χ4v) is 1.95. The third kappa shape index (κ3) is 2.58. The van der Waals surface area contributed by atoms with E-state index in [0.717, 1.165) is 10.9 Å². The van der Waals surface area contributed by atoms with Crippen molar-refractivity contribution in [2.75, 3.05) is 14.2 Å². The highest BCUT2D eigenvalue weighted by Crippen LogP contribution is 2.21. The summed E-state index contributed by atoms with van der Waals surface area (Å²) in [6.07, 6.45) is 1.60. The molecule has 1 aromatic carbocycles. The Morgan fingerprint density at radius 2 is 2.00 bits per heavy atom. The van der Waals surface area contributed by atoms with E-state index in [2.05, 4.69) is 10.3 Å². The quantitative estimate of drug-likeness (QED) is 0.662. The van der Waals surface area contributed by atoms with E-state index in [1.807, 2.05) is 24.3 Å². The highest BCUT2D eigenvalue weighted by atomic mass is 16.6. The van der Waals surface area contributed by atoms with E-state index in [-0.39, 0.29) is 12.5 Å². The van der Waals surface area contributed by atoms with Crippen LogP contribution < -0.4 is 5.48 Å². The maximum absolute atomic E-state index is 11.7. The number of rotatable bonds is 4. The molecule has 0 aliphatic carbocycles. The lowest BCUT2D eigenvalue weighted by Crippen LogP contribution is -2.26. The highest BCUT2D eigenvalue weighted by molar-refractivity contribution is 6.04. The van der Waals surface area contributed by atoms with Crippen LogP contribution in [0.3, 0.4) is 0 Å². The Morgan fingerprint density at radius 3 is 2.68 bits per heavy atom. The number of carbonyl (C=O) groups is 2. The molecule has 2 aromatic rings. The Labute approximate surface area is 109 Å². The van der Waals surface area contributed by atoms with Gasteiger partial charge in [0.25, 0.3) is 5.91 Å². The first-order chi connectivity index (χ1) is 9.17. The lowest BCUT2D eigenvalue weighted by Gasteiger charge is -2.04. The largest absolute Gasteiger partial charge is 0.465 e. The van der Waals surface area contributed by atoms with E-state index in [0.29, 0.717) is 5.56 Å². The van der Waals surface area contributed by atoms with Crippen molar-refractivity contribution in [3.8, 4) is 0 Å². The summed E-state index contributed by atoms with van der Waals surface area (Å²) in [6.45, 7) is 0.0609. The van der Waals surface area contributed by atoms with Gasteiger partial charge in [-0.1, -0.05) is 18.2 Å². The molecule has 1 N–H and O–H groups in total.